The molecule has 1 aliphatic heterocycles. The summed E-state index contributed by atoms with van der Waals surface area (Å²) in [5.74, 6) is -0.393. The number of carbonyl (C=O) groups is 2. The highest BCUT2D eigenvalue weighted by Crippen LogP contribution is 2.31. The highest BCUT2D eigenvalue weighted by molar-refractivity contribution is 6.02. The number of para-hydroxylation sites is 2. The molecular weight excluding hydrogens is 244 g/mol. The number of hydrogen-bond donors (Lipinski definition) is 1. The molecule has 1 aromatic carbocycles. The van der Waals surface area contributed by atoms with E-state index in [0.717, 1.165) is 11.4 Å². The Bertz CT molecular complexity index is 487. The molecule has 5 nitrogen and oxygen atoms in total. The molecule has 1 heterocycles. The second-order valence-electron chi connectivity index (χ2n) is 4.37. The lowest BCUT2D eigenvalue weighted by Crippen LogP contribution is -2.48. The van der Waals surface area contributed by atoms with E-state index in [0.29, 0.717) is 13.0 Å². The third-order valence-electron chi connectivity index (χ3n) is 3.12. The highest BCUT2D eigenvalue weighted by atomic mass is 16.5. The Morgan fingerprint density at radius 3 is 2.84 bits per heavy atom. The third kappa shape index (κ3) is 2.70. The van der Waals surface area contributed by atoms with E-state index in [1.54, 1.807) is 6.92 Å². The maximum Gasteiger partial charge on any atom is 0.328 e. The number of amides is 1. The standard InChI is InChI=1S/C14H18N2O3/c1-3-11(14(18)19-4-2)16-9-13(17)15-10-7-5-6-8-12(10)16/h5-8,11H,3-4,9H2,1-2H3,(H,15,17). The van der Waals surface area contributed by atoms with Crippen molar-refractivity contribution in [2.75, 3.05) is 23.4 Å². The number of nitrogens with one attached hydrogen (secondary N) is 1. The molecule has 0 aromatic heterocycles. The van der Waals surface area contributed by atoms with Gasteiger partial charge >= 0.3 is 5.97 Å². The maximum absolute atomic E-state index is 12.0. The molecule has 0 saturated carbocycles. The number of nitrogens with zero attached hydrogens (tertiary/aromatic N) is 1. The second-order valence-corrected chi connectivity index (χ2v) is 4.37. The van der Waals surface area contributed by atoms with Crippen molar-refractivity contribution in [2.24, 2.45) is 0 Å². The number of carbonyl (C=O) groups excluding carboxylic acids is 2. The van der Waals surface area contributed by atoms with Crippen LogP contribution in [0.5, 0.6) is 0 Å². The molecular formula is C14H18N2O3. The lowest BCUT2D eigenvalue weighted by molar-refractivity contribution is -0.144. The van der Waals surface area contributed by atoms with Gasteiger partial charge < -0.3 is 15.0 Å². The van der Waals surface area contributed by atoms with Crippen LogP contribution in [0.2, 0.25) is 0 Å². The van der Waals surface area contributed by atoms with Crippen LogP contribution in [0, 0.1) is 0 Å². The smallest absolute Gasteiger partial charge is 0.328 e. The van der Waals surface area contributed by atoms with E-state index in [-0.39, 0.29) is 18.4 Å². The predicted molar refractivity (Wildman–Crippen MR) is 73.1 cm³/mol. The third-order valence-corrected chi connectivity index (χ3v) is 3.12. The molecule has 1 unspecified atom stereocenters. The SMILES string of the molecule is CCOC(=O)C(CC)N1CC(=O)Nc2ccccc21. The maximum atomic E-state index is 12.0. The summed E-state index contributed by atoms with van der Waals surface area (Å²) in [5, 5.41) is 2.81. The van der Waals surface area contributed by atoms with E-state index in [1.807, 2.05) is 36.1 Å². The number of esters is 1. The van der Waals surface area contributed by atoms with E-state index in [2.05, 4.69) is 5.32 Å². The molecule has 0 aliphatic carbocycles. The van der Waals surface area contributed by atoms with Gasteiger partial charge in [0, 0.05) is 0 Å². The van der Waals surface area contributed by atoms with Crippen molar-refractivity contribution < 1.29 is 14.3 Å². The number of hydrogen-bond acceptors (Lipinski definition) is 4. The lowest BCUT2D eigenvalue weighted by Gasteiger charge is -2.35. The van der Waals surface area contributed by atoms with Crippen LogP contribution in [0.1, 0.15) is 20.3 Å². The molecule has 1 N–H and O–H groups in total. The monoisotopic (exact) mass is 262 g/mol. The van der Waals surface area contributed by atoms with E-state index in [9.17, 15) is 9.59 Å². The Kier molecular flexibility index (Phi) is 4.04. The quantitative estimate of drug-likeness (QED) is 0.840. The van der Waals surface area contributed by atoms with Crippen LogP contribution in [-0.2, 0) is 14.3 Å². The number of ether oxygens (including phenoxy) is 1. The highest BCUT2D eigenvalue weighted by Gasteiger charge is 2.31. The molecule has 0 radical (unpaired) electrons. The van der Waals surface area contributed by atoms with E-state index in [1.165, 1.54) is 0 Å². The zero-order valence-corrected chi connectivity index (χ0v) is 11.2. The molecule has 0 bridgehead atoms. The first-order chi connectivity index (χ1) is 9.17. The summed E-state index contributed by atoms with van der Waals surface area (Å²) in [6.45, 7) is 4.21. The fourth-order valence-corrected chi connectivity index (χ4v) is 2.29. The van der Waals surface area contributed by atoms with E-state index >= 15 is 0 Å². The first-order valence-corrected chi connectivity index (χ1v) is 6.49. The van der Waals surface area contributed by atoms with Gasteiger partial charge in [-0.1, -0.05) is 19.1 Å². The summed E-state index contributed by atoms with van der Waals surface area (Å²) in [5.41, 5.74) is 1.60. The Morgan fingerprint density at radius 1 is 1.42 bits per heavy atom. The van der Waals surface area contributed by atoms with Crippen molar-refractivity contribution in [2.45, 2.75) is 26.3 Å². The number of benzene rings is 1. The number of rotatable bonds is 4. The average molecular weight is 262 g/mol. The minimum Gasteiger partial charge on any atom is -0.464 e. The van der Waals surface area contributed by atoms with Crippen LogP contribution >= 0.6 is 0 Å². The van der Waals surface area contributed by atoms with Gasteiger partial charge in [0.25, 0.3) is 0 Å². The summed E-state index contributed by atoms with van der Waals surface area (Å²) in [4.78, 5) is 25.5. The molecule has 1 atom stereocenters. The normalized spacial score (nSPS) is 15.5. The topological polar surface area (TPSA) is 58.6 Å². The Morgan fingerprint density at radius 2 is 2.16 bits per heavy atom. The van der Waals surface area contributed by atoms with Gasteiger partial charge in [-0.3, -0.25) is 4.79 Å². The molecule has 0 spiro atoms. The van der Waals surface area contributed by atoms with Crippen molar-refractivity contribution in [3.05, 3.63) is 24.3 Å². The van der Waals surface area contributed by atoms with E-state index < -0.39 is 6.04 Å². The Balaban J connectivity index is 2.32. The van der Waals surface area contributed by atoms with Crippen LogP contribution in [0.3, 0.4) is 0 Å². The summed E-state index contributed by atoms with van der Waals surface area (Å²) in [7, 11) is 0. The fraction of sp³-hybridized carbons (Fsp3) is 0.429. The van der Waals surface area contributed by atoms with Gasteiger partial charge in [0.1, 0.15) is 6.04 Å². The predicted octanol–water partition coefficient (Wildman–Crippen LogP) is 1.79. The van der Waals surface area contributed by atoms with Crippen LogP contribution < -0.4 is 10.2 Å². The first-order valence-electron chi connectivity index (χ1n) is 6.49. The van der Waals surface area contributed by atoms with Crippen LogP contribution in [-0.4, -0.2) is 31.1 Å². The molecule has 1 aromatic rings. The largest absolute Gasteiger partial charge is 0.464 e. The van der Waals surface area contributed by atoms with Gasteiger partial charge in [-0.15, -0.1) is 0 Å². The molecule has 19 heavy (non-hydrogen) atoms. The van der Waals surface area contributed by atoms with Crippen molar-refractivity contribution in [3.63, 3.8) is 0 Å². The molecule has 1 amide bonds. The number of fused-ring (bicyclic) bond motifs is 1. The van der Waals surface area contributed by atoms with Crippen LogP contribution in [0.15, 0.2) is 24.3 Å². The zero-order valence-electron chi connectivity index (χ0n) is 11.2. The zero-order chi connectivity index (χ0) is 13.8. The van der Waals surface area contributed by atoms with Crippen LogP contribution in [0.25, 0.3) is 0 Å². The molecule has 2 rings (SSSR count). The summed E-state index contributed by atoms with van der Waals surface area (Å²) >= 11 is 0. The molecule has 102 valence electrons. The van der Waals surface area contributed by atoms with Crippen molar-refractivity contribution >= 4 is 23.3 Å². The Hall–Kier alpha value is -2.04. The van der Waals surface area contributed by atoms with E-state index in [4.69, 9.17) is 4.74 Å². The van der Waals surface area contributed by atoms with Crippen molar-refractivity contribution in [1.82, 2.24) is 0 Å². The van der Waals surface area contributed by atoms with Gasteiger partial charge in [-0.05, 0) is 25.5 Å². The minimum absolute atomic E-state index is 0.110. The minimum atomic E-state index is -0.424. The van der Waals surface area contributed by atoms with Crippen LogP contribution in [0.4, 0.5) is 11.4 Å². The summed E-state index contributed by atoms with van der Waals surface area (Å²) < 4.78 is 5.09. The molecule has 5 heteroatoms. The van der Waals surface area contributed by atoms with Gasteiger partial charge in [0.05, 0.1) is 24.5 Å². The average Bonchev–Trinajstić information content (AvgIpc) is 2.39. The molecule has 0 saturated heterocycles. The van der Waals surface area contributed by atoms with Gasteiger partial charge in [0.2, 0.25) is 5.91 Å². The lowest BCUT2D eigenvalue weighted by atomic mass is 10.1. The molecule has 0 fully saturated rings. The first kappa shape index (κ1) is 13.4. The number of anilines is 2. The van der Waals surface area contributed by atoms with Crippen molar-refractivity contribution in [3.8, 4) is 0 Å². The molecule has 1 aliphatic rings. The van der Waals surface area contributed by atoms with Gasteiger partial charge in [-0.25, -0.2) is 4.79 Å². The summed E-state index contributed by atoms with van der Waals surface area (Å²) in [6.07, 6.45) is 0.598. The van der Waals surface area contributed by atoms with Gasteiger partial charge in [-0.2, -0.15) is 0 Å². The fourth-order valence-electron chi connectivity index (χ4n) is 2.29. The van der Waals surface area contributed by atoms with Gasteiger partial charge in [0.15, 0.2) is 0 Å². The Labute approximate surface area is 112 Å². The van der Waals surface area contributed by atoms with Crippen molar-refractivity contribution in [1.29, 1.82) is 0 Å². The summed E-state index contributed by atoms with van der Waals surface area (Å²) in [6, 6.07) is 7.05. The second kappa shape index (κ2) is 5.73.